The molecule has 0 unspecified atom stereocenters. The molecule has 1 aromatic carbocycles. The predicted molar refractivity (Wildman–Crippen MR) is 81.6 cm³/mol. The number of aliphatic hydroxyl groups is 1. The molecule has 20 heavy (non-hydrogen) atoms. The number of carbonyl (C=O) groups is 1. The van der Waals surface area contributed by atoms with E-state index in [0.717, 1.165) is 24.8 Å². The average molecular weight is 278 g/mol. The van der Waals surface area contributed by atoms with Gasteiger partial charge in [-0.25, -0.2) is 0 Å². The Kier molecular flexibility index (Phi) is 6.68. The van der Waals surface area contributed by atoms with Crippen molar-refractivity contribution in [1.82, 2.24) is 5.32 Å². The van der Waals surface area contributed by atoms with Gasteiger partial charge in [-0.1, -0.05) is 26.0 Å². The van der Waals surface area contributed by atoms with Gasteiger partial charge in [-0.05, 0) is 48.9 Å². The van der Waals surface area contributed by atoms with E-state index in [9.17, 15) is 4.79 Å². The minimum atomic E-state index is -0.0543. The minimum Gasteiger partial charge on any atom is -0.396 e. The van der Waals surface area contributed by atoms with Gasteiger partial charge in [-0.2, -0.15) is 0 Å². The van der Waals surface area contributed by atoms with Gasteiger partial charge in [0.05, 0.1) is 0 Å². The van der Waals surface area contributed by atoms with Crippen LogP contribution in [-0.4, -0.2) is 30.7 Å². The summed E-state index contributed by atoms with van der Waals surface area (Å²) in [7, 11) is 0. The van der Waals surface area contributed by atoms with Gasteiger partial charge in [0.15, 0.2) is 0 Å². The second-order valence-electron chi connectivity index (χ2n) is 5.91. The molecule has 0 saturated heterocycles. The molecule has 0 aliphatic carbocycles. The number of amides is 1. The van der Waals surface area contributed by atoms with E-state index in [1.807, 2.05) is 24.3 Å². The maximum absolute atomic E-state index is 12.0. The molecule has 1 aromatic rings. The van der Waals surface area contributed by atoms with Crippen LogP contribution >= 0.6 is 0 Å². The van der Waals surface area contributed by atoms with E-state index >= 15 is 0 Å². The summed E-state index contributed by atoms with van der Waals surface area (Å²) in [5.74, 6) is -0.0543. The smallest absolute Gasteiger partial charge is 0.251 e. The summed E-state index contributed by atoms with van der Waals surface area (Å²) in [6.07, 6.45) is 2.48. The van der Waals surface area contributed by atoms with Gasteiger partial charge in [0, 0.05) is 18.7 Å². The topological polar surface area (TPSA) is 75.3 Å². The number of nitrogens with two attached hydrogens (primary N) is 1. The van der Waals surface area contributed by atoms with Crippen LogP contribution < -0.4 is 11.1 Å². The fourth-order valence-electron chi connectivity index (χ4n) is 2.06. The lowest BCUT2D eigenvalue weighted by atomic mass is 9.88. The van der Waals surface area contributed by atoms with Crippen LogP contribution in [0.25, 0.3) is 0 Å². The summed E-state index contributed by atoms with van der Waals surface area (Å²) >= 11 is 0. The van der Waals surface area contributed by atoms with Crippen molar-refractivity contribution in [1.29, 1.82) is 0 Å². The summed E-state index contributed by atoms with van der Waals surface area (Å²) in [4.78, 5) is 12.0. The normalized spacial score (nSPS) is 11.4. The Morgan fingerprint density at radius 2 is 1.95 bits per heavy atom. The Hall–Kier alpha value is -1.39. The van der Waals surface area contributed by atoms with E-state index in [4.69, 9.17) is 10.8 Å². The van der Waals surface area contributed by atoms with Crippen molar-refractivity contribution in [3.05, 3.63) is 35.4 Å². The molecule has 0 atom stereocenters. The molecule has 0 aliphatic rings. The third kappa shape index (κ3) is 5.72. The predicted octanol–water partition coefficient (Wildman–Crippen LogP) is 1.72. The highest BCUT2D eigenvalue weighted by Crippen LogP contribution is 2.20. The van der Waals surface area contributed by atoms with Crippen molar-refractivity contribution in [2.75, 3.05) is 19.7 Å². The third-order valence-electron chi connectivity index (χ3n) is 3.39. The molecule has 0 aliphatic heterocycles. The standard InChI is InChI=1S/C16H26N2O2/c1-16(2,9-3-11-19)12-18-15(20)14-6-4-13(5-7-14)8-10-17/h4-7,19H,3,8-12,17H2,1-2H3,(H,18,20). The first-order chi connectivity index (χ1) is 9.48. The zero-order valence-corrected chi connectivity index (χ0v) is 12.5. The maximum atomic E-state index is 12.0. The van der Waals surface area contributed by atoms with Gasteiger partial charge in [-0.15, -0.1) is 0 Å². The fraction of sp³-hybridized carbons (Fsp3) is 0.562. The average Bonchev–Trinajstić information content (AvgIpc) is 2.44. The van der Waals surface area contributed by atoms with E-state index in [-0.39, 0.29) is 17.9 Å². The molecular weight excluding hydrogens is 252 g/mol. The van der Waals surface area contributed by atoms with Gasteiger partial charge >= 0.3 is 0 Å². The van der Waals surface area contributed by atoms with Crippen LogP contribution in [0.4, 0.5) is 0 Å². The minimum absolute atomic E-state index is 0.00210. The number of nitrogens with one attached hydrogen (secondary N) is 1. The maximum Gasteiger partial charge on any atom is 0.251 e. The Morgan fingerprint density at radius 3 is 2.50 bits per heavy atom. The van der Waals surface area contributed by atoms with Crippen LogP contribution in [0.2, 0.25) is 0 Å². The lowest BCUT2D eigenvalue weighted by molar-refractivity contribution is 0.0933. The summed E-state index contributed by atoms with van der Waals surface area (Å²) in [5, 5.41) is 11.8. The van der Waals surface area contributed by atoms with Gasteiger partial charge in [-0.3, -0.25) is 4.79 Å². The monoisotopic (exact) mass is 278 g/mol. The second kappa shape index (κ2) is 8.02. The van der Waals surface area contributed by atoms with Gasteiger partial charge in [0.2, 0.25) is 0 Å². The van der Waals surface area contributed by atoms with Gasteiger partial charge in [0.25, 0.3) is 5.91 Å². The third-order valence-corrected chi connectivity index (χ3v) is 3.39. The highest BCUT2D eigenvalue weighted by Gasteiger charge is 2.18. The number of rotatable bonds is 8. The Morgan fingerprint density at radius 1 is 1.30 bits per heavy atom. The molecule has 0 radical (unpaired) electrons. The zero-order chi connectivity index (χ0) is 15.0. The Bertz CT molecular complexity index is 413. The van der Waals surface area contributed by atoms with Crippen LogP contribution in [0.5, 0.6) is 0 Å². The van der Waals surface area contributed by atoms with Crippen LogP contribution in [0, 0.1) is 5.41 Å². The number of carbonyl (C=O) groups excluding carboxylic acids is 1. The molecule has 4 heteroatoms. The molecule has 0 fully saturated rings. The molecule has 0 aromatic heterocycles. The highest BCUT2D eigenvalue weighted by atomic mass is 16.2. The number of hydrogen-bond acceptors (Lipinski definition) is 3. The second-order valence-corrected chi connectivity index (χ2v) is 5.91. The first-order valence-corrected chi connectivity index (χ1v) is 7.16. The van der Waals surface area contributed by atoms with Crippen LogP contribution in [0.15, 0.2) is 24.3 Å². The van der Waals surface area contributed by atoms with E-state index in [2.05, 4.69) is 19.2 Å². The molecule has 1 rings (SSSR count). The zero-order valence-electron chi connectivity index (χ0n) is 12.5. The molecule has 0 heterocycles. The summed E-state index contributed by atoms with van der Waals surface area (Å²) in [5.41, 5.74) is 7.31. The van der Waals surface area contributed by atoms with Crippen LogP contribution in [-0.2, 0) is 6.42 Å². The van der Waals surface area contributed by atoms with Gasteiger partial charge in [0.1, 0.15) is 0 Å². The van der Waals surface area contributed by atoms with E-state index in [0.29, 0.717) is 18.7 Å². The summed E-state index contributed by atoms with van der Waals surface area (Å²) in [6.45, 7) is 5.60. The van der Waals surface area contributed by atoms with Crippen molar-refractivity contribution in [2.24, 2.45) is 11.1 Å². The molecule has 4 nitrogen and oxygen atoms in total. The van der Waals surface area contributed by atoms with Crippen molar-refractivity contribution in [3.63, 3.8) is 0 Å². The Labute approximate surface area is 121 Å². The van der Waals surface area contributed by atoms with Gasteiger partial charge < -0.3 is 16.2 Å². The molecule has 112 valence electrons. The number of aliphatic hydroxyl groups excluding tert-OH is 1. The van der Waals surface area contributed by atoms with E-state index in [1.165, 1.54) is 0 Å². The molecule has 1 amide bonds. The highest BCUT2D eigenvalue weighted by molar-refractivity contribution is 5.94. The van der Waals surface area contributed by atoms with Crippen molar-refractivity contribution in [3.8, 4) is 0 Å². The molecule has 4 N–H and O–H groups in total. The summed E-state index contributed by atoms with van der Waals surface area (Å²) in [6, 6.07) is 7.56. The van der Waals surface area contributed by atoms with Crippen LogP contribution in [0.3, 0.4) is 0 Å². The SMILES string of the molecule is CC(C)(CCCO)CNC(=O)c1ccc(CCN)cc1. The molecular formula is C16H26N2O2. The number of hydrogen-bond donors (Lipinski definition) is 3. The molecule has 0 saturated carbocycles. The van der Waals surface area contributed by atoms with E-state index < -0.39 is 0 Å². The molecule has 0 bridgehead atoms. The first-order valence-electron chi connectivity index (χ1n) is 7.16. The Balaban J connectivity index is 2.49. The lowest BCUT2D eigenvalue weighted by Gasteiger charge is -2.24. The van der Waals surface area contributed by atoms with Crippen molar-refractivity contribution in [2.45, 2.75) is 33.1 Å². The van der Waals surface area contributed by atoms with Crippen molar-refractivity contribution >= 4 is 5.91 Å². The number of benzene rings is 1. The van der Waals surface area contributed by atoms with E-state index in [1.54, 1.807) is 0 Å². The fourth-order valence-corrected chi connectivity index (χ4v) is 2.06. The summed E-state index contributed by atoms with van der Waals surface area (Å²) < 4.78 is 0. The lowest BCUT2D eigenvalue weighted by Crippen LogP contribution is -2.34. The first kappa shape index (κ1) is 16.7. The quantitative estimate of drug-likeness (QED) is 0.677. The largest absolute Gasteiger partial charge is 0.396 e. The van der Waals surface area contributed by atoms with Crippen molar-refractivity contribution < 1.29 is 9.90 Å². The van der Waals surface area contributed by atoms with Crippen LogP contribution in [0.1, 0.15) is 42.6 Å². The molecule has 0 spiro atoms.